The van der Waals surface area contributed by atoms with Crippen molar-refractivity contribution in [3.05, 3.63) is 0 Å². The second-order valence-corrected chi connectivity index (χ2v) is 0. The molecule has 0 aromatic heterocycles. The molecule has 0 bridgehead atoms. The maximum atomic E-state index is 0. The van der Waals surface area contributed by atoms with Gasteiger partial charge in [0.2, 0.25) is 0 Å². The Morgan fingerprint density at radius 1 is 0.667 bits per heavy atom. The van der Waals surface area contributed by atoms with Gasteiger partial charge in [0.05, 0.1) is 0 Å². The number of hydrogen-bond donors (Lipinski definition) is 1. The predicted octanol–water partition coefficient (Wildman–Crippen LogP) is -0.581. The SMILES string of the molecule is Cl.Cl.Cl.N.O.[SbH3]. The minimum atomic E-state index is 0. The van der Waals surface area contributed by atoms with Gasteiger partial charge < -0.3 is 11.6 Å². The van der Waals surface area contributed by atoms with E-state index in [0.717, 1.165) is 0 Å². The van der Waals surface area contributed by atoms with Gasteiger partial charge in [0.25, 0.3) is 0 Å². The quantitative estimate of drug-likeness (QED) is 0.587. The number of hydrogen-bond acceptors (Lipinski definition) is 1. The van der Waals surface area contributed by atoms with Crippen molar-refractivity contribution in [3.8, 4) is 0 Å². The van der Waals surface area contributed by atoms with Crippen molar-refractivity contribution in [2.24, 2.45) is 0 Å². The molecule has 0 spiro atoms. The Morgan fingerprint density at radius 3 is 0.667 bits per heavy atom. The van der Waals surface area contributed by atoms with Gasteiger partial charge in [-0.25, -0.2) is 0 Å². The van der Waals surface area contributed by atoms with Crippen molar-refractivity contribution in [2.75, 3.05) is 0 Å². The Bertz CT molecular complexity index is 10.8. The minimum absolute atomic E-state index is 0. The molecule has 0 amide bonds. The molecule has 0 aromatic rings. The van der Waals surface area contributed by atoms with Gasteiger partial charge >= 0.3 is 24.4 Å². The molecule has 6 heteroatoms. The summed E-state index contributed by atoms with van der Waals surface area (Å²) < 4.78 is 0. The van der Waals surface area contributed by atoms with Crippen molar-refractivity contribution in [2.45, 2.75) is 0 Å². The average Bonchev–Trinajstić information content (AvgIpc) is 0. The first-order valence-electron chi connectivity index (χ1n) is 0. The van der Waals surface area contributed by atoms with E-state index < -0.39 is 0 Å². The topological polar surface area (TPSA) is 66.5 Å². The fourth-order valence-electron chi connectivity index (χ4n) is 0. The zero-order valence-corrected chi connectivity index (χ0v) is 9.62. The molecule has 0 heterocycles. The molecule has 0 unspecified atom stereocenters. The summed E-state index contributed by atoms with van der Waals surface area (Å²) in [7, 11) is 0. The van der Waals surface area contributed by atoms with Crippen molar-refractivity contribution >= 4 is 61.6 Å². The van der Waals surface area contributed by atoms with Crippen LogP contribution < -0.4 is 6.15 Å². The summed E-state index contributed by atoms with van der Waals surface area (Å²) in [4.78, 5) is 0. The van der Waals surface area contributed by atoms with Gasteiger partial charge in [-0.3, -0.25) is 0 Å². The summed E-state index contributed by atoms with van der Waals surface area (Å²) in [5.74, 6) is 0. The third kappa shape index (κ3) is 46.0. The molecule has 5 N–H and O–H groups in total. The first-order chi connectivity index (χ1) is 0. The first kappa shape index (κ1) is 128. The predicted molar refractivity (Wildman–Crippen MR) is 40.3 cm³/mol. The molecular formula is H11Cl3NOSb. The summed E-state index contributed by atoms with van der Waals surface area (Å²) in [5.41, 5.74) is 0. The molecule has 0 aliphatic rings. The fraction of sp³-hybridized carbons (Fsp3) is 0. The van der Waals surface area contributed by atoms with Crippen molar-refractivity contribution in [1.82, 2.24) is 6.15 Å². The van der Waals surface area contributed by atoms with Crippen LogP contribution in [0.15, 0.2) is 0 Å². The third-order valence-electron chi connectivity index (χ3n) is 0. The molecule has 2 nitrogen and oxygen atoms in total. The zero-order chi connectivity index (χ0) is 0. The van der Waals surface area contributed by atoms with Gasteiger partial charge in [-0.15, -0.1) is 37.2 Å². The Balaban J connectivity index is 0. The second-order valence-electron chi connectivity index (χ2n) is 0. The molecule has 0 atom stereocenters. The first-order valence-corrected chi connectivity index (χ1v) is 0. The van der Waals surface area contributed by atoms with Crippen LogP contribution in [0.2, 0.25) is 0 Å². The Kier molecular flexibility index (Phi) is 1720. The van der Waals surface area contributed by atoms with Crippen LogP contribution in [0.5, 0.6) is 0 Å². The summed E-state index contributed by atoms with van der Waals surface area (Å²) in [5, 5.41) is 0. The number of halogens is 3. The zero-order valence-electron chi connectivity index (χ0n) is 3.14. The Labute approximate surface area is 73.0 Å². The van der Waals surface area contributed by atoms with Gasteiger partial charge in [0.1, 0.15) is 0 Å². The standard InChI is InChI=1S/3ClH.H3N.H2O.Sb.3H/h3*1H;1H3;1H2;;;;. The molecule has 0 aromatic carbocycles. The summed E-state index contributed by atoms with van der Waals surface area (Å²) >= 11 is 0. The van der Waals surface area contributed by atoms with E-state index in [1.54, 1.807) is 0 Å². The molecule has 0 rings (SSSR count). The van der Waals surface area contributed by atoms with Crippen LogP contribution in [0.4, 0.5) is 0 Å². The van der Waals surface area contributed by atoms with E-state index in [9.17, 15) is 0 Å². The summed E-state index contributed by atoms with van der Waals surface area (Å²) in [6.07, 6.45) is 0. The van der Waals surface area contributed by atoms with E-state index >= 15 is 0 Å². The normalized spacial score (nSPS) is 0. The molecule has 0 saturated heterocycles. The van der Waals surface area contributed by atoms with Crippen molar-refractivity contribution in [1.29, 1.82) is 0 Å². The average molecular weight is 269 g/mol. The fourth-order valence-corrected chi connectivity index (χ4v) is 0. The van der Waals surface area contributed by atoms with Gasteiger partial charge in [0.15, 0.2) is 0 Å². The van der Waals surface area contributed by atoms with Crippen LogP contribution in [0.3, 0.4) is 0 Å². The Hall–Kier alpha value is 1.61. The van der Waals surface area contributed by atoms with E-state index in [1.807, 2.05) is 0 Å². The van der Waals surface area contributed by atoms with Crippen molar-refractivity contribution < 1.29 is 5.48 Å². The Morgan fingerprint density at radius 2 is 0.667 bits per heavy atom. The summed E-state index contributed by atoms with van der Waals surface area (Å²) in [6.45, 7) is 0. The molecule has 0 fully saturated rings. The van der Waals surface area contributed by atoms with Gasteiger partial charge in [-0.2, -0.15) is 0 Å². The molecular weight excluding hydrogens is 258 g/mol. The van der Waals surface area contributed by atoms with Crippen LogP contribution in [-0.2, 0) is 0 Å². The van der Waals surface area contributed by atoms with E-state index in [4.69, 9.17) is 0 Å². The molecule has 0 radical (unpaired) electrons. The van der Waals surface area contributed by atoms with Crippen LogP contribution in [-0.4, -0.2) is 29.9 Å². The molecule has 0 saturated carbocycles. The van der Waals surface area contributed by atoms with Crippen molar-refractivity contribution in [3.63, 3.8) is 0 Å². The third-order valence-corrected chi connectivity index (χ3v) is 0. The van der Waals surface area contributed by atoms with E-state index in [-0.39, 0.29) is 73.3 Å². The van der Waals surface area contributed by atoms with E-state index in [1.165, 1.54) is 0 Å². The summed E-state index contributed by atoms with van der Waals surface area (Å²) in [6, 6.07) is 0. The molecule has 48 valence electrons. The molecule has 0 aliphatic carbocycles. The van der Waals surface area contributed by atoms with Gasteiger partial charge in [0, 0.05) is 0 Å². The van der Waals surface area contributed by atoms with Crippen LogP contribution in [0, 0.1) is 0 Å². The molecule has 6 heavy (non-hydrogen) atoms. The van der Waals surface area contributed by atoms with Crippen LogP contribution >= 0.6 is 37.2 Å². The van der Waals surface area contributed by atoms with E-state index in [2.05, 4.69) is 0 Å². The van der Waals surface area contributed by atoms with E-state index in [0.29, 0.717) is 0 Å². The maximum absolute atomic E-state index is 0. The monoisotopic (exact) mass is 267 g/mol. The number of rotatable bonds is 0. The van der Waals surface area contributed by atoms with Gasteiger partial charge in [-0.1, -0.05) is 0 Å². The van der Waals surface area contributed by atoms with Crippen LogP contribution in [0.1, 0.15) is 0 Å². The van der Waals surface area contributed by atoms with Gasteiger partial charge in [-0.05, 0) is 0 Å². The molecule has 0 aliphatic heterocycles. The second kappa shape index (κ2) is 80.4. The van der Waals surface area contributed by atoms with Crippen LogP contribution in [0.25, 0.3) is 0 Å².